The summed E-state index contributed by atoms with van der Waals surface area (Å²) in [5.74, 6) is -0.0718. The highest BCUT2D eigenvalue weighted by molar-refractivity contribution is 7.17. The molecule has 8 heteroatoms. The monoisotopic (exact) mass is 411 g/mol. The molecule has 6 nitrogen and oxygen atoms in total. The minimum Gasteiger partial charge on any atom is -0.365 e. The van der Waals surface area contributed by atoms with Crippen LogP contribution in [0.5, 0.6) is 0 Å². The third-order valence-corrected chi connectivity index (χ3v) is 7.21. The molecule has 1 aromatic rings. The lowest BCUT2D eigenvalue weighted by molar-refractivity contribution is -0.153. The van der Waals surface area contributed by atoms with Crippen LogP contribution in [0.3, 0.4) is 0 Å². The maximum atomic E-state index is 12.4. The number of halogens is 1. The summed E-state index contributed by atoms with van der Waals surface area (Å²) < 4.78 is 6.25. The predicted molar refractivity (Wildman–Crippen MR) is 105 cm³/mol. The van der Waals surface area contributed by atoms with E-state index in [9.17, 15) is 9.59 Å². The van der Waals surface area contributed by atoms with Gasteiger partial charge in [-0.2, -0.15) is 0 Å². The van der Waals surface area contributed by atoms with Gasteiger partial charge in [0, 0.05) is 38.3 Å². The minimum absolute atomic E-state index is 0.0738. The summed E-state index contributed by atoms with van der Waals surface area (Å²) in [6.45, 7) is 3.23. The normalized spacial score (nSPS) is 25.4. The van der Waals surface area contributed by atoms with E-state index in [1.54, 1.807) is 12.1 Å². The highest BCUT2D eigenvalue weighted by Crippen LogP contribution is 2.29. The second-order valence-corrected chi connectivity index (χ2v) is 9.36. The van der Waals surface area contributed by atoms with E-state index in [1.807, 2.05) is 4.90 Å². The molecule has 3 fully saturated rings. The van der Waals surface area contributed by atoms with Crippen LogP contribution in [0.15, 0.2) is 12.1 Å². The number of amides is 2. The molecule has 4 rings (SSSR count). The molecule has 2 saturated heterocycles. The number of ether oxygens (including phenoxy) is 1. The molecular weight excluding hydrogens is 386 g/mol. The topological polar surface area (TPSA) is 61.9 Å². The molecule has 2 aliphatic heterocycles. The van der Waals surface area contributed by atoms with Gasteiger partial charge in [-0.1, -0.05) is 18.0 Å². The Labute approximate surface area is 168 Å². The molecule has 1 unspecified atom stereocenters. The average molecular weight is 412 g/mol. The van der Waals surface area contributed by atoms with E-state index in [4.69, 9.17) is 16.3 Å². The van der Waals surface area contributed by atoms with E-state index >= 15 is 0 Å². The van der Waals surface area contributed by atoms with E-state index < -0.39 is 0 Å². The number of hydrogen-bond donors (Lipinski definition) is 1. The number of hydrogen-bond acceptors (Lipinski definition) is 5. The molecule has 1 N–H and O–H groups in total. The van der Waals surface area contributed by atoms with Crippen LogP contribution in [-0.4, -0.2) is 72.6 Å². The predicted octanol–water partition coefficient (Wildman–Crippen LogP) is 2.38. The fraction of sp³-hybridized carbons (Fsp3) is 0.684. The van der Waals surface area contributed by atoms with Crippen LogP contribution >= 0.6 is 22.9 Å². The Bertz CT molecular complexity index is 685. The van der Waals surface area contributed by atoms with Crippen molar-refractivity contribution in [2.45, 2.75) is 50.3 Å². The molecule has 0 aromatic carbocycles. The van der Waals surface area contributed by atoms with Gasteiger partial charge in [0.15, 0.2) is 0 Å². The van der Waals surface area contributed by atoms with Gasteiger partial charge < -0.3 is 19.9 Å². The van der Waals surface area contributed by atoms with Crippen molar-refractivity contribution >= 4 is 34.8 Å². The summed E-state index contributed by atoms with van der Waals surface area (Å²) in [4.78, 5) is 29.7. The summed E-state index contributed by atoms with van der Waals surface area (Å²) in [6.07, 6.45) is 5.94. The molecule has 3 heterocycles. The summed E-state index contributed by atoms with van der Waals surface area (Å²) in [7, 11) is 0. The molecule has 0 spiro atoms. The van der Waals surface area contributed by atoms with Crippen molar-refractivity contribution in [3.8, 4) is 0 Å². The van der Waals surface area contributed by atoms with E-state index in [-0.39, 0.29) is 24.5 Å². The summed E-state index contributed by atoms with van der Waals surface area (Å²) in [6, 6.07) is 4.51. The second-order valence-electron chi connectivity index (χ2n) is 7.64. The number of morpholine rings is 1. The standard InChI is InChI=1S/C19H26ClN3O3S/c20-17-5-4-16(27-17)19(25)21-10-15-11-23(18(24)12-26-15)14-6-8-22(9-7-14)13-2-1-3-13/h4-5,13-15H,1-3,6-12H2,(H,21,25). The van der Waals surface area contributed by atoms with E-state index in [0.717, 1.165) is 32.0 Å². The Morgan fingerprint density at radius 3 is 2.63 bits per heavy atom. The van der Waals surface area contributed by atoms with Crippen LogP contribution in [0.25, 0.3) is 0 Å². The fourth-order valence-electron chi connectivity index (χ4n) is 4.17. The Morgan fingerprint density at radius 1 is 1.22 bits per heavy atom. The highest BCUT2D eigenvalue weighted by Gasteiger charge is 2.35. The third kappa shape index (κ3) is 4.47. The van der Waals surface area contributed by atoms with E-state index in [2.05, 4.69) is 10.2 Å². The molecule has 1 aromatic heterocycles. The zero-order valence-corrected chi connectivity index (χ0v) is 16.9. The molecule has 1 aliphatic carbocycles. The first-order chi connectivity index (χ1) is 13.1. The minimum atomic E-state index is -0.160. The zero-order valence-electron chi connectivity index (χ0n) is 15.4. The molecule has 0 radical (unpaired) electrons. The number of piperidine rings is 1. The first-order valence-electron chi connectivity index (χ1n) is 9.79. The smallest absolute Gasteiger partial charge is 0.261 e. The highest BCUT2D eigenvalue weighted by atomic mass is 35.5. The van der Waals surface area contributed by atoms with Crippen LogP contribution < -0.4 is 5.32 Å². The average Bonchev–Trinajstić information content (AvgIpc) is 3.07. The SMILES string of the molecule is O=C(NCC1CN(C2CCN(C3CCC3)CC2)C(=O)CO1)c1ccc(Cl)s1. The number of rotatable bonds is 5. The van der Waals surface area contributed by atoms with Crippen molar-refractivity contribution in [2.24, 2.45) is 0 Å². The number of thiophene rings is 1. The first-order valence-corrected chi connectivity index (χ1v) is 11.0. The van der Waals surface area contributed by atoms with Crippen molar-refractivity contribution in [3.05, 3.63) is 21.3 Å². The molecule has 2 amide bonds. The van der Waals surface area contributed by atoms with E-state index in [0.29, 0.717) is 28.3 Å². The quantitative estimate of drug-likeness (QED) is 0.808. The molecule has 1 saturated carbocycles. The maximum absolute atomic E-state index is 12.4. The van der Waals surface area contributed by atoms with Crippen LogP contribution in [0, 0.1) is 0 Å². The van der Waals surface area contributed by atoms with Gasteiger partial charge in [0.05, 0.1) is 15.3 Å². The van der Waals surface area contributed by atoms with Crippen molar-refractivity contribution in [2.75, 3.05) is 32.8 Å². The maximum Gasteiger partial charge on any atom is 0.261 e. The Hall–Kier alpha value is -1.15. The van der Waals surface area contributed by atoms with Gasteiger partial charge in [-0.3, -0.25) is 9.59 Å². The lowest BCUT2D eigenvalue weighted by Crippen LogP contribution is -2.57. The van der Waals surface area contributed by atoms with Crippen molar-refractivity contribution in [1.29, 1.82) is 0 Å². The van der Waals surface area contributed by atoms with Gasteiger partial charge >= 0.3 is 0 Å². The molecule has 0 bridgehead atoms. The van der Waals surface area contributed by atoms with Gasteiger partial charge in [0.1, 0.15) is 6.61 Å². The largest absolute Gasteiger partial charge is 0.365 e. The van der Waals surface area contributed by atoms with Gasteiger partial charge in [-0.15, -0.1) is 11.3 Å². The summed E-state index contributed by atoms with van der Waals surface area (Å²) >= 11 is 7.14. The van der Waals surface area contributed by atoms with Crippen LogP contribution in [0.4, 0.5) is 0 Å². The molecule has 148 valence electrons. The molecular formula is C19H26ClN3O3S. The zero-order chi connectivity index (χ0) is 18.8. The number of carbonyl (C=O) groups is 2. The van der Waals surface area contributed by atoms with E-state index in [1.165, 1.54) is 30.6 Å². The Morgan fingerprint density at radius 2 is 2.00 bits per heavy atom. The first kappa shape index (κ1) is 19.2. The molecule has 3 aliphatic rings. The number of nitrogens with one attached hydrogen (secondary N) is 1. The summed E-state index contributed by atoms with van der Waals surface area (Å²) in [5, 5.41) is 2.90. The molecule has 1 atom stereocenters. The second kappa shape index (κ2) is 8.47. The van der Waals surface area contributed by atoms with Gasteiger partial charge in [0.2, 0.25) is 5.91 Å². The Kier molecular flexibility index (Phi) is 6.02. The van der Waals surface area contributed by atoms with Crippen LogP contribution in [0.1, 0.15) is 41.8 Å². The van der Waals surface area contributed by atoms with Gasteiger partial charge in [-0.25, -0.2) is 0 Å². The lowest BCUT2D eigenvalue weighted by Gasteiger charge is -2.45. The van der Waals surface area contributed by atoms with Crippen molar-refractivity contribution in [3.63, 3.8) is 0 Å². The lowest BCUT2D eigenvalue weighted by atomic mass is 9.89. The van der Waals surface area contributed by atoms with Gasteiger partial charge in [0.25, 0.3) is 5.91 Å². The molecule has 27 heavy (non-hydrogen) atoms. The fourth-order valence-corrected chi connectivity index (χ4v) is 5.13. The summed E-state index contributed by atoms with van der Waals surface area (Å²) in [5.41, 5.74) is 0. The van der Waals surface area contributed by atoms with Crippen LogP contribution in [-0.2, 0) is 9.53 Å². The van der Waals surface area contributed by atoms with Gasteiger partial charge in [-0.05, 0) is 37.8 Å². The number of nitrogens with zero attached hydrogens (tertiary/aromatic N) is 2. The third-order valence-electron chi connectivity index (χ3n) is 5.98. The number of carbonyl (C=O) groups excluding carboxylic acids is 2. The number of likely N-dealkylation sites (tertiary alicyclic amines) is 1. The van der Waals surface area contributed by atoms with Crippen LogP contribution in [0.2, 0.25) is 4.34 Å². The Balaban J connectivity index is 1.26. The van der Waals surface area contributed by atoms with Crippen molar-refractivity contribution in [1.82, 2.24) is 15.1 Å². The van der Waals surface area contributed by atoms with Crippen molar-refractivity contribution < 1.29 is 14.3 Å².